The standard InChI is InChI=1S/C21H24N4O3S/c1-2-27-20(26)17-12-23-25(19(17)13-22-11-16-9-6-10-28-16)21-24-18(14-29-21)15-7-4-3-5-8-15/h3-5,7-8,12,14,16,22H,2,6,9-11,13H2,1H3. The molecule has 8 heteroatoms. The Kier molecular flexibility index (Phi) is 6.33. The molecule has 3 aromatic rings. The molecule has 1 aliphatic heterocycles. The molecule has 1 aromatic carbocycles. The molecule has 1 N–H and O–H groups in total. The highest BCUT2D eigenvalue weighted by Crippen LogP contribution is 2.25. The maximum Gasteiger partial charge on any atom is 0.341 e. The molecule has 1 aliphatic rings. The summed E-state index contributed by atoms with van der Waals surface area (Å²) >= 11 is 1.49. The number of hydrogen-bond acceptors (Lipinski definition) is 7. The molecule has 0 spiro atoms. The van der Waals surface area contributed by atoms with Gasteiger partial charge in [0, 0.05) is 30.6 Å². The summed E-state index contributed by atoms with van der Waals surface area (Å²) < 4.78 is 12.6. The topological polar surface area (TPSA) is 78.3 Å². The van der Waals surface area contributed by atoms with Gasteiger partial charge in [-0.1, -0.05) is 30.3 Å². The second-order valence-corrected chi connectivity index (χ2v) is 7.62. The molecular formula is C21H24N4O3S. The molecule has 1 saturated heterocycles. The summed E-state index contributed by atoms with van der Waals surface area (Å²) in [5.74, 6) is -0.368. The minimum Gasteiger partial charge on any atom is -0.462 e. The highest BCUT2D eigenvalue weighted by atomic mass is 32.1. The van der Waals surface area contributed by atoms with Crippen molar-refractivity contribution in [3.05, 3.63) is 53.2 Å². The van der Waals surface area contributed by atoms with E-state index >= 15 is 0 Å². The third kappa shape index (κ3) is 4.55. The minimum atomic E-state index is -0.368. The van der Waals surface area contributed by atoms with Crippen LogP contribution in [0, 0.1) is 0 Å². The van der Waals surface area contributed by atoms with Crippen LogP contribution in [-0.2, 0) is 16.0 Å². The highest BCUT2D eigenvalue weighted by molar-refractivity contribution is 7.12. The van der Waals surface area contributed by atoms with Crippen LogP contribution >= 0.6 is 11.3 Å². The molecule has 152 valence electrons. The van der Waals surface area contributed by atoms with Gasteiger partial charge in [0.2, 0.25) is 5.13 Å². The van der Waals surface area contributed by atoms with Crippen LogP contribution in [0.25, 0.3) is 16.4 Å². The monoisotopic (exact) mass is 412 g/mol. The van der Waals surface area contributed by atoms with Crippen LogP contribution in [-0.4, -0.2) is 46.6 Å². The van der Waals surface area contributed by atoms with Gasteiger partial charge in [0.05, 0.1) is 30.3 Å². The van der Waals surface area contributed by atoms with Gasteiger partial charge in [0.25, 0.3) is 0 Å². The lowest BCUT2D eigenvalue weighted by molar-refractivity contribution is 0.0525. The van der Waals surface area contributed by atoms with E-state index in [1.54, 1.807) is 17.8 Å². The molecule has 0 aliphatic carbocycles. The molecule has 4 rings (SSSR count). The number of carbonyl (C=O) groups excluding carboxylic acids is 1. The smallest absolute Gasteiger partial charge is 0.341 e. The number of carbonyl (C=O) groups is 1. The fourth-order valence-electron chi connectivity index (χ4n) is 3.35. The molecule has 7 nitrogen and oxygen atoms in total. The fourth-order valence-corrected chi connectivity index (χ4v) is 4.16. The van der Waals surface area contributed by atoms with Gasteiger partial charge in [-0.25, -0.2) is 14.5 Å². The Morgan fingerprint density at radius 2 is 2.24 bits per heavy atom. The minimum absolute atomic E-state index is 0.224. The number of aromatic nitrogens is 3. The Hall–Kier alpha value is -2.55. The van der Waals surface area contributed by atoms with E-state index in [0.29, 0.717) is 23.8 Å². The van der Waals surface area contributed by atoms with E-state index in [2.05, 4.69) is 10.4 Å². The van der Waals surface area contributed by atoms with Crippen molar-refractivity contribution < 1.29 is 14.3 Å². The van der Waals surface area contributed by atoms with Crippen LogP contribution < -0.4 is 5.32 Å². The number of thiazole rings is 1. The lowest BCUT2D eigenvalue weighted by Crippen LogP contribution is -2.27. The zero-order chi connectivity index (χ0) is 20.1. The molecule has 0 bridgehead atoms. The van der Waals surface area contributed by atoms with E-state index in [4.69, 9.17) is 14.5 Å². The summed E-state index contributed by atoms with van der Waals surface area (Å²) in [5, 5.41) is 10.6. The normalized spacial score (nSPS) is 16.2. The summed E-state index contributed by atoms with van der Waals surface area (Å²) in [4.78, 5) is 17.1. The molecule has 2 aromatic heterocycles. The van der Waals surface area contributed by atoms with E-state index in [0.717, 1.165) is 42.9 Å². The first-order chi connectivity index (χ1) is 14.3. The van der Waals surface area contributed by atoms with Crippen molar-refractivity contribution in [3.8, 4) is 16.4 Å². The molecule has 29 heavy (non-hydrogen) atoms. The van der Waals surface area contributed by atoms with Crippen molar-refractivity contribution >= 4 is 17.3 Å². The van der Waals surface area contributed by atoms with Crippen LogP contribution in [0.1, 0.15) is 35.8 Å². The van der Waals surface area contributed by atoms with E-state index in [1.807, 2.05) is 35.7 Å². The summed E-state index contributed by atoms with van der Waals surface area (Å²) in [6.45, 7) is 4.15. The van der Waals surface area contributed by atoms with E-state index in [9.17, 15) is 4.79 Å². The summed E-state index contributed by atoms with van der Waals surface area (Å²) in [6, 6.07) is 10.0. The highest BCUT2D eigenvalue weighted by Gasteiger charge is 2.22. The molecule has 1 unspecified atom stereocenters. The summed E-state index contributed by atoms with van der Waals surface area (Å²) in [7, 11) is 0. The Labute approximate surface area is 173 Å². The Bertz CT molecular complexity index is 948. The Morgan fingerprint density at radius 3 is 3.00 bits per heavy atom. The SMILES string of the molecule is CCOC(=O)c1cnn(-c2nc(-c3ccccc3)cs2)c1CNCC1CCCO1. The number of ether oxygens (including phenoxy) is 2. The van der Waals surface area contributed by atoms with Crippen LogP contribution in [0.2, 0.25) is 0 Å². The van der Waals surface area contributed by atoms with Crippen molar-refractivity contribution in [2.45, 2.75) is 32.4 Å². The lowest BCUT2D eigenvalue weighted by atomic mass is 10.2. The van der Waals surface area contributed by atoms with E-state index in [1.165, 1.54) is 11.3 Å². The number of hydrogen-bond donors (Lipinski definition) is 1. The third-order valence-corrected chi connectivity index (χ3v) is 5.61. The predicted octanol–water partition coefficient (Wildman–Crippen LogP) is 3.44. The van der Waals surface area contributed by atoms with Gasteiger partial charge in [-0.2, -0.15) is 5.10 Å². The van der Waals surface area contributed by atoms with Gasteiger partial charge < -0.3 is 14.8 Å². The maximum atomic E-state index is 12.4. The molecule has 0 saturated carbocycles. The van der Waals surface area contributed by atoms with E-state index in [-0.39, 0.29) is 12.1 Å². The van der Waals surface area contributed by atoms with Crippen molar-refractivity contribution in [2.24, 2.45) is 0 Å². The zero-order valence-corrected chi connectivity index (χ0v) is 17.2. The number of nitrogens with zero attached hydrogens (tertiary/aromatic N) is 3. The van der Waals surface area contributed by atoms with Crippen molar-refractivity contribution in [1.29, 1.82) is 0 Å². The Balaban J connectivity index is 1.58. The van der Waals surface area contributed by atoms with Crippen molar-refractivity contribution in [2.75, 3.05) is 19.8 Å². The van der Waals surface area contributed by atoms with Crippen LogP contribution in [0.15, 0.2) is 41.9 Å². The number of esters is 1. The number of nitrogens with one attached hydrogen (secondary N) is 1. The second-order valence-electron chi connectivity index (χ2n) is 6.78. The average Bonchev–Trinajstić information content (AvgIpc) is 3.49. The number of benzene rings is 1. The molecule has 0 amide bonds. The van der Waals surface area contributed by atoms with Crippen LogP contribution in [0.5, 0.6) is 0 Å². The largest absolute Gasteiger partial charge is 0.462 e. The molecule has 3 heterocycles. The van der Waals surface area contributed by atoms with Gasteiger partial charge >= 0.3 is 5.97 Å². The molecule has 0 radical (unpaired) electrons. The zero-order valence-electron chi connectivity index (χ0n) is 16.3. The van der Waals surface area contributed by atoms with Crippen molar-refractivity contribution in [3.63, 3.8) is 0 Å². The number of rotatable bonds is 8. The van der Waals surface area contributed by atoms with Crippen molar-refractivity contribution in [1.82, 2.24) is 20.1 Å². The summed E-state index contributed by atoms with van der Waals surface area (Å²) in [5.41, 5.74) is 3.14. The Morgan fingerprint density at radius 1 is 1.38 bits per heavy atom. The van der Waals surface area contributed by atoms with Gasteiger partial charge in [-0.15, -0.1) is 11.3 Å². The summed E-state index contributed by atoms with van der Waals surface area (Å²) in [6.07, 6.45) is 3.94. The lowest BCUT2D eigenvalue weighted by Gasteiger charge is -2.12. The van der Waals surface area contributed by atoms with Gasteiger partial charge in [0.15, 0.2) is 0 Å². The molecular weight excluding hydrogens is 388 g/mol. The first kappa shape index (κ1) is 19.8. The first-order valence-corrected chi connectivity index (χ1v) is 10.7. The quantitative estimate of drug-likeness (QED) is 0.571. The van der Waals surface area contributed by atoms with Crippen LogP contribution in [0.4, 0.5) is 0 Å². The van der Waals surface area contributed by atoms with Gasteiger partial charge in [-0.05, 0) is 19.8 Å². The fraction of sp³-hybridized carbons (Fsp3) is 0.381. The molecule has 1 fully saturated rings. The van der Waals surface area contributed by atoms with Gasteiger partial charge in [0.1, 0.15) is 5.56 Å². The predicted molar refractivity (Wildman–Crippen MR) is 111 cm³/mol. The van der Waals surface area contributed by atoms with E-state index < -0.39 is 0 Å². The first-order valence-electron chi connectivity index (χ1n) is 9.84. The van der Waals surface area contributed by atoms with Crippen LogP contribution in [0.3, 0.4) is 0 Å². The third-order valence-electron chi connectivity index (χ3n) is 4.80. The second kappa shape index (κ2) is 9.30. The maximum absolute atomic E-state index is 12.4. The average molecular weight is 413 g/mol. The van der Waals surface area contributed by atoms with Gasteiger partial charge in [-0.3, -0.25) is 0 Å². The molecule has 1 atom stereocenters.